The van der Waals surface area contributed by atoms with Gasteiger partial charge in [0.1, 0.15) is 5.75 Å². The van der Waals surface area contributed by atoms with Crippen LogP contribution in [0.25, 0.3) is 10.9 Å². The van der Waals surface area contributed by atoms with E-state index in [9.17, 15) is 9.59 Å². The van der Waals surface area contributed by atoms with Crippen LogP contribution in [0.15, 0.2) is 48.5 Å². The molecule has 1 heterocycles. The Labute approximate surface area is 188 Å². The zero-order chi connectivity index (χ0) is 22.7. The number of ether oxygens (including phenoxy) is 2. The van der Waals surface area contributed by atoms with Gasteiger partial charge >= 0.3 is 5.97 Å². The Balaban J connectivity index is 1.47. The highest BCUT2D eigenvalue weighted by atomic mass is 16.5. The molecule has 32 heavy (non-hydrogen) atoms. The van der Waals surface area contributed by atoms with Crippen molar-refractivity contribution < 1.29 is 19.1 Å². The number of nitrogens with zero attached hydrogens (tertiary/aromatic N) is 2. The van der Waals surface area contributed by atoms with E-state index in [1.54, 1.807) is 12.0 Å². The number of rotatable bonds is 8. The summed E-state index contributed by atoms with van der Waals surface area (Å²) in [4.78, 5) is 32.4. The molecule has 1 aliphatic carbocycles. The molecule has 0 saturated heterocycles. The van der Waals surface area contributed by atoms with E-state index in [-0.39, 0.29) is 18.6 Å². The van der Waals surface area contributed by atoms with Gasteiger partial charge in [0.2, 0.25) is 0 Å². The number of fused-ring (bicyclic) bond motifs is 1. The normalized spacial score (nSPS) is 13.1. The molecule has 0 N–H and O–H groups in total. The second-order valence-electron chi connectivity index (χ2n) is 8.11. The topological polar surface area (TPSA) is 68.7 Å². The molecule has 1 saturated carbocycles. The van der Waals surface area contributed by atoms with E-state index >= 15 is 0 Å². The average molecular weight is 433 g/mol. The average Bonchev–Trinajstić information content (AvgIpc) is 3.66. The molecule has 0 atom stereocenters. The smallest absolute Gasteiger partial charge is 0.340 e. The van der Waals surface area contributed by atoms with Crippen molar-refractivity contribution in [1.29, 1.82) is 0 Å². The highest BCUT2D eigenvalue weighted by Gasteiger charge is 2.33. The van der Waals surface area contributed by atoms with Crippen molar-refractivity contribution in [2.45, 2.75) is 45.7 Å². The van der Waals surface area contributed by atoms with Crippen LogP contribution in [0.5, 0.6) is 5.75 Å². The maximum Gasteiger partial charge on any atom is 0.340 e. The standard InChI is InChI=1S/C26H28N2O4/c1-4-22-25(17(2)21-7-5-6-8-23(21)27-22)26(30)32-16-24(29)28(19-11-12-19)15-18-9-13-20(31-3)14-10-18/h5-10,13-14,19H,4,11-12,15-16H2,1-3H3. The molecule has 6 nitrogen and oxygen atoms in total. The number of carbonyl (C=O) groups excluding carboxylic acids is 2. The first-order valence-electron chi connectivity index (χ1n) is 11.0. The summed E-state index contributed by atoms with van der Waals surface area (Å²) < 4.78 is 10.7. The number of hydrogen-bond acceptors (Lipinski definition) is 5. The Kier molecular flexibility index (Phi) is 6.40. The first-order valence-corrected chi connectivity index (χ1v) is 11.0. The fourth-order valence-corrected chi connectivity index (χ4v) is 3.98. The molecule has 166 valence electrons. The second kappa shape index (κ2) is 9.39. The second-order valence-corrected chi connectivity index (χ2v) is 8.11. The first kappa shape index (κ1) is 21.8. The zero-order valence-electron chi connectivity index (χ0n) is 18.8. The highest BCUT2D eigenvalue weighted by molar-refractivity contribution is 5.99. The lowest BCUT2D eigenvalue weighted by molar-refractivity contribution is -0.135. The van der Waals surface area contributed by atoms with E-state index in [1.807, 2.05) is 62.4 Å². The molecule has 0 radical (unpaired) electrons. The van der Waals surface area contributed by atoms with Crippen molar-refractivity contribution in [3.8, 4) is 5.75 Å². The minimum absolute atomic E-state index is 0.180. The summed E-state index contributed by atoms with van der Waals surface area (Å²) in [6, 6.07) is 15.6. The van der Waals surface area contributed by atoms with Crippen molar-refractivity contribution >= 4 is 22.8 Å². The van der Waals surface area contributed by atoms with Crippen molar-refractivity contribution in [2.24, 2.45) is 0 Å². The lowest BCUT2D eigenvalue weighted by Gasteiger charge is -2.23. The van der Waals surface area contributed by atoms with Crippen LogP contribution < -0.4 is 4.74 Å². The van der Waals surface area contributed by atoms with Crippen molar-refractivity contribution in [3.05, 3.63) is 70.9 Å². The zero-order valence-corrected chi connectivity index (χ0v) is 18.8. The predicted octanol–water partition coefficient (Wildman–Crippen LogP) is 4.46. The van der Waals surface area contributed by atoms with Gasteiger partial charge in [-0.05, 0) is 55.5 Å². The number of amides is 1. The fourth-order valence-electron chi connectivity index (χ4n) is 3.98. The minimum Gasteiger partial charge on any atom is -0.497 e. The van der Waals surface area contributed by atoms with Gasteiger partial charge in [-0.3, -0.25) is 9.78 Å². The van der Waals surface area contributed by atoms with Crippen LogP contribution in [0.1, 0.15) is 46.9 Å². The Morgan fingerprint density at radius 1 is 1.09 bits per heavy atom. The molecule has 1 fully saturated rings. The summed E-state index contributed by atoms with van der Waals surface area (Å²) in [5.41, 5.74) is 3.86. The number of aryl methyl sites for hydroxylation is 2. The van der Waals surface area contributed by atoms with Crippen LogP contribution in [0, 0.1) is 6.92 Å². The molecule has 2 aromatic carbocycles. The molecule has 4 rings (SSSR count). The lowest BCUT2D eigenvalue weighted by Crippen LogP contribution is -2.36. The number of esters is 1. The Hall–Kier alpha value is -3.41. The number of carbonyl (C=O) groups is 2. The number of para-hydroxylation sites is 1. The van der Waals surface area contributed by atoms with Gasteiger partial charge < -0.3 is 14.4 Å². The molecular weight excluding hydrogens is 404 g/mol. The molecule has 0 spiro atoms. The van der Waals surface area contributed by atoms with E-state index < -0.39 is 5.97 Å². The maximum absolute atomic E-state index is 13.0. The van der Waals surface area contributed by atoms with Gasteiger partial charge in [0.25, 0.3) is 5.91 Å². The van der Waals surface area contributed by atoms with E-state index in [0.717, 1.165) is 40.6 Å². The monoisotopic (exact) mass is 432 g/mol. The van der Waals surface area contributed by atoms with E-state index in [0.29, 0.717) is 24.2 Å². The van der Waals surface area contributed by atoms with E-state index in [4.69, 9.17) is 9.47 Å². The summed E-state index contributed by atoms with van der Waals surface area (Å²) >= 11 is 0. The van der Waals surface area contributed by atoms with Crippen molar-refractivity contribution in [3.63, 3.8) is 0 Å². The third-order valence-corrected chi connectivity index (χ3v) is 5.91. The van der Waals surface area contributed by atoms with Crippen LogP contribution in [0.2, 0.25) is 0 Å². The summed E-state index contributed by atoms with van der Waals surface area (Å²) in [6.45, 7) is 4.08. The number of aromatic nitrogens is 1. The molecule has 0 bridgehead atoms. The Bertz CT molecular complexity index is 1140. The summed E-state index contributed by atoms with van der Waals surface area (Å²) in [5.74, 6) is 0.102. The van der Waals surface area contributed by atoms with Crippen molar-refractivity contribution in [2.75, 3.05) is 13.7 Å². The van der Waals surface area contributed by atoms with E-state index in [2.05, 4.69) is 4.98 Å². The SMILES string of the molecule is CCc1nc2ccccc2c(C)c1C(=O)OCC(=O)N(Cc1ccc(OC)cc1)C1CC1. The summed E-state index contributed by atoms with van der Waals surface area (Å²) in [6.07, 6.45) is 2.56. The quantitative estimate of drug-likeness (QED) is 0.492. The molecular formula is C26H28N2O4. The van der Waals surface area contributed by atoms with Gasteiger partial charge in [0, 0.05) is 18.0 Å². The summed E-state index contributed by atoms with van der Waals surface area (Å²) in [7, 11) is 1.63. The predicted molar refractivity (Wildman–Crippen MR) is 123 cm³/mol. The van der Waals surface area contributed by atoms with Gasteiger partial charge in [-0.15, -0.1) is 0 Å². The van der Waals surface area contributed by atoms with Gasteiger partial charge in [-0.1, -0.05) is 37.3 Å². The Morgan fingerprint density at radius 3 is 2.47 bits per heavy atom. The first-order chi connectivity index (χ1) is 15.5. The van der Waals surface area contributed by atoms with Crippen LogP contribution >= 0.6 is 0 Å². The number of pyridine rings is 1. The highest BCUT2D eigenvalue weighted by Crippen LogP contribution is 2.29. The van der Waals surface area contributed by atoms with E-state index in [1.165, 1.54) is 0 Å². The molecule has 1 amide bonds. The Morgan fingerprint density at radius 2 is 1.81 bits per heavy atom. The molecule has 6 heteroatoms. The molecule has 1 aromatic heterocycles. The molecule has 1 aliphatic rings. The van der Waals surface area contributed by atoms with Gasteiger partial charge in [0.15, 0.2) is 6.61 Å². The van der Waals surface area contributed by atoms with Crippen LogP contribution in [-0.2, 0) is 22.5 Å². The molecule has 0 unspecified atom stereocenters. The van der Waals surface area contributed by atoms with Crippen molar-refractivity contribution in [1.82, 2.24) is 9.88 Å². The van der Waals surface area contributed by atoms with Gasteiger partial charge in [0.05, 0.1) is 23.9 Å². The van der Waals surface area contributed by atoms with Crippen LogP contribution in [0.4, 0.5) is 0 Å². The van der Waals surface area contributed by atoms with Crippen LogP contribution in [0.3, 0.4) is 0 Å². The lowest BCUT2D eigenvalue weighted by atomic mass is 10.0. The number of hydrogen-bond donors (Lipinski definition) is 0. The third-order valence-electron chi connectivity index (χ3n) is 5.91. The van der Waals surface area contributed by atoms with Gasteiger partial charge in [-0.25, -0.2) is 4.79 Å². The fraction of sp³-hybridized carbons (Fsp3) is 0.346. The number of methoxy groups -OCH3 is 1. The van der Waals surface area contributed by atoms with Gasteiger partial charge in [-0.2, -0.15) is 0 Å². The molecule has 0 aliphatic heterocycles. The summed E-state index contributed by atoms with van der Waals surface area (Å²) in [5, 5.41) is 0.919. The number of benzene rings is 2. The largest absolute Gasteiger partial charge is 0.497 e. The maximum atomic E-state index is 13.0. The minimum atomic E-state index is -0.494. The van der Waals surface area contributed by atoms with Crippen LogP contribution in [-0.4, -0.2) is 41.5 Å². The molecule has 3 aromatic rings. The third kappa shape index (κ3) is 4.59.